The van der Waals surface area contributed by atoms with Crippen molar-refractivity contribution in [2.24, 2.45) is 0 Å². The van der Waals surface area contributed by atoms with Gasteiger partial charge in [0.1, 0.15) is 6.17 Å². The standard InChI is InChI=1S/C24H27N3O5/c1-30-21-14-16(6-9-20(21)32-15-22(28)26-10-12-31-13-11-26)23-25-19-5-3-2-4-18(19)24(29)27(23)17-7-8-17/h2-6,9,14,17,23,25H,7-8,10-13,15H2,1H3. The van der Waals surface area contributed by atoms with Crippen LogP contribution in [-0.2, 0) is 9.53 Å². The Morgan fingerprint density at radius 3 is 2.66 bits per heavy atom. The quantitative estimate of drug-likeness (QED) is 0.749. The second kappa shape index (κ2) is 8.70. The van der Waals surface area contributed by atoms with E-state index in [0.717, 1.165) is 24.1 Å². The van der Waals surface area contributed by atoms with Gasteiger partial charge in [0.2, 0.25) is 0 Å². The number of nitrogens with one attached hydrogen (secondary N) is 1. The van der Waals surface area contributed by atoms with Crippen molar-refractivity contribution in [3.8, 4) is 11.5 Å². The molecule has 32 heavy (non-hydrogen) atoms. The van der Waals surface area contributed by atoms with Crippen LogP contribution in [0.2, 0.25) is 0 Å². The number of fused-ring (bicyclic) bond motifs is 1. The summed E-state index contributed by atoms with van der Waals surface area (Å²) in [5.41, 5.74) is 2.43. The van der Waals surface area contributed by atoms with Gasteiger partial charge in [-0.3, -0.25) is 9.59 Å². The molecule has 1 unspecified atom stereocenters. The molecule has 0 radical (unpaired) electrons. The lowest BCUT2D eigenvalue weighted by molar-refractivity contribution is -0.137. The molecule has 168 valence electrons. The Balaban J connectivity index is 1.36. The largest absolute Gasteiger partial charge is 0.493 e. The first-order valence-electron chi connectivity index (χ1n) is 11.0. The molecule has 2 amide bonds. The molecule has 3 aliphatic rings. The Morgan fingerprint density at radius 2 is 1.91 bits per heavy atom. The third kappa shape index (κ3) is 3.98. The SMILES string of the molecule is COc1cc(C2Nc3ccccc3C(=O)N2C2CC2)ccc1OCC(=O)N1CCOCC1. The average Bonchev–Trinajstić information content (AvgIpc) is 3.68. The first-order chi connectivity index (χ1) is 15.7. The number of hydrogen-bond donors (Lipinski definition) is 1. The van der Waals surface area contributed by atoms with Gasteiger partial charge < -0.3 is 29.3 Å². The molecule has 0 bridgehead atoms. The smallest absolute Gasteiger partial charge is 0.260 e. The number of hydrogen-bond acceptors (Lipinski definition) is 6. The lowest BCUT2D eigenvalue weighted by atomic mass is 10.0. The van der Waals surface area contributed by atoms with E-state index in [9.17, 15) is 9.59 Å². The van der Waals surface area contributed by atoms with E-state index >= 15 is 0 Å². The molecule has 2 aromatic rings. The van der Waals surface area contributed by atoms with Gasteiger partial charge in [-0.2, -0.15) is 0 Å². The van der Waals surface area contributed by atoms with Crippen molar-refractivity contribution in [3.05, 3.63) is 53.6 Å². The predicted molar refractivity (Wildman–Crippen MR) is 118 cm³/mol. The van der Waals surface area contributed by atoms with Crippen molar-refractivity contribution in [2.75, 3.05) is 45.3 Å². The normalized spacial score (nSPS) is 20.4. The van der Waals surface area contributed by atoms with E-state index in [-0.39, 0.29) is 30.6 Å². The van der Waals surface area contributed by atoms with E-state index < -0.39 is 0 Å². The molecule has 1 saturated carbocycles. The molecule has 0 aromatic heterocycles. The third-order valence-electron chi connectivity index (χ3n) is 6.12. The van der Waals surface area contributed by atoms with Crippen LogP contribution in [0.3, 0.4) is 0 Å². The van der Waals surface area contributed by atoms with Crippen molar-refractivity contribution in [1.29, 1.82) is 0 Å². The summed E-state index contributed by atoms with van der Waals surface area (Å²) >= 11 is 0. The summed E-state index contributed by atoms with van der Waals surface area (Å²) in [7, 11) is 1.57. The van der Waals surface area contributed by atoms with Crippen LogP contribution in [0.5, 0.6) is 11.5 Å². The number of nitrogens with zero attached hydrogens (tertiary/aromatic N) is 2. The summed E-state index contributed by atoms with van der Waals surface area (Å²) in [6, 6.07) is 13.4. The number of ether oxygens (including phenoxy) is 3. The topological polar surface area (TPSA) is 80.3 Å². The fourth-order valence-corrected chi connectivity index (χ4v) is 4.26. The average molecular weight is 437 g/mol. The van der Waals surface area contributed by atoms with Crippen molar-refractivity contribution in [1.82, 2.24) is 9.80 Å². The molecule has 8 nitrogen and oxygen atoms in total. The molecule has 0 spiro atoms. The monoisotopic (exact) mass is 437 g/mol. The maximum Gasteiger partial charge on any atom is 0.260 e. The van der Waals surface area contributed by atoms with Gasteiger partial charge in [0.15, 0.2) is 18.1 Å². The third-order valence-corrected chi connectivity index (χ3v) is 6.12. The molecule has 2 fully saturated rings. The fourth-order valence-electron chi connectivity index (χ4n) is 4.26. The summed E-state index contributed by atoms with van der Waals surface area (Å²) in [6.07, 6.45) is 1.73. The maximum absolute atomic E-state index is 13.2. The number of carbonyl (C=O) groups is 2. The van der Waals surface area contributed by atoms with Gasteiger partial charge >= 0.3 is 0 Å². The molecule has 1 aliphatic carbocycles. The lowest BCUT2D eigenvalue weighted by Crippen LogP contribution is -2.44. The van der Waals surface area contributed by atoms with E-state index in [1.807, 2.05) is 41.3 Å². The van der Waals surface area contributed by atoms with Crippen LogP contribution in [0.1, 0.15) is 34.9 Å². The highest BCUT2D eigenvalue weighted by Gasteiger charge is 2.42. The highest BCUT2D eigenvalue weighted by Crippen LogP contribution is 2.42. The molecule has 2 heterocycles. The number of rotatable bonds is 6. The minimum Gasteiger partial charge on any atom is -0.493 e. The molecular formula is C24H27N3O5. The van der Waals surface area contributed by atoms with Gasteiger partial charge in [-0.1, -0.05) is 18.2 Å². The molecule has 2 aromatic carbocycles. The van der Waals surface area contributed by atoms with Gasteiger partial charge in [0, 0.05) is 24.8 Å². The zero-order valence-corrected chi connectivity index (χ0v) is 18.1. The summed E-state index contributed by atoms with van der Waals surface area (Å²) in [6.45, 7) is 2.21. The molecular weight excluding hydrogens is 410 g/mol. The number of methoxy groups -OCH3 is 1. The Morgan fingerprint density at radius 1 is 1.12 bits per heavy atom. The number of morpholine rings is 1. The number of amides is 2. The van der Waals surface area contributed by atoms with Crippen LogP contribution in [0.25, 0.3) is 0 Å². The number of carbonyl (C=O) groups excluding carboxylic acids is 2. The zero-order chi connectivity index (χ0) is 22.1. The van der Waals surface area contributed by atoms with Crippen LogP contribution >= 0.6 is 0 Å². The highest BCUT2D eigenvalue weighted by atomic mass is 16.5. The Labute approximate surface area is 187 Å². The van der Waals surface area contributed by atoms with Crippen LogP contribution in [-0.4, -0.2) is 67.7 Å². The van der Waals surface area contributed by atoms with E-state index in [2.05, 4.69) is 5.32 Å². The van der Waals surface area contributed by atoms with Gasteiger partial charge in [0.25, 0.3) is 11.8 Å². The van der Waals surface area contributed by atoms with Crippen molar-refractivity contribution in [3.63, 3.8) is 0 Å². The van der Waals surface area contributed by atoms with E-state index in [0.29, 0.717) is 43.4 Å². The fraction of sp³-hybridized carbons (Fsp3) is 0.417. The first kappa shape index (κ1) is 20.6. The summed E-state index contributed by atoms with van der Waals surface area (Å²) in [4.78, 5) is 29.3. The van der Waals surface area contributed by atoms with E-state index in [4.69, 9.17) is 14.2 Å². The lowest BCUT2D eigenvalue weighted by Gasteiger charge is -2.38. The molecule has 8 heteroatoms. The second-order valence-electron chi connectivity index (χ2n) is 8.23. The summed E-state index contributed by atoms with van der Waals surface area (Å²) in [5, 5.41) is 3.52. The Hall–Kier alpha value is -3.26. The van der Waals surface area contributed by atoms with Gasteiger partial charge in [-0.05, 0) is 42.7 Å². The van der Waals surface area contributed by atoms with E-state index in [1.165, 1.54) is 0 Å². The second-order valence-corrected chi connectivity index (χ2v) is 8.23. The van der Waals surface area contributed by atoms with Gasteiger partial charge in [-0.15, -0.1) is 0 Å². The zero-order valence-electron chi connectivity index (χ0n) is 18.1. The molecule has 1 atom stereocenters. The Bertz CT molecular complexity index is 1020. The minimum atomic E-state index is -0.289. The molecule has 1 N–H and O–H groups in total. The number of para-hydroxylation sites is 1. The maximum atomic E-state index is 13.2. The number of anilines is 1. The summed E-state index contributed by atoms with van der Waals surface area (Å²) < 4.78 is 16.6. The number of benzene rings is 2. The summed E-state index contributed by atoms with van der Waals surface area (Å²) in [5.74, 6) is 0.997. The van der Waals surface area contributed by atoms with Gasteiger partial charge in [-0.25, -0.2) is 0 Å². The van der Waals surface area contributed by atoms with Crippen LogP contribution < -0.4 is 14.8 Å². The van der Waals surface area contributed by atoms with E-state index in [1.54, 1.807) is 18.1 Å². The molecule has 5 rings (SSSR count). The molecule has 1 saturated heterocycles. The van der Waals surface area contributed by atoms with Crippen LogP contribution in [0.4, 0.5) is 5.69 Å². The van der Waals surface area contributed by atoms with Crippen molar-refractivity contribution in [2.45, 2.75) is 25.0 Å². The van der Waals surface area contributed by atoms with Gasteiger partial charge in [0.05, 0.1) is 25.9 Å². The van der Waals surface area contributed by atoms with Crippen molar-refractivity contribution < 1.29 is 23.8 Å². The predicted octanol–water partition coefficient (Wildman–Crippen LogP) is 2.66. The van der Waals surface area contributed by atoms with Crippen LogP contribution in [0.15, 0.2) is 42.5 Å². The van der Waals surface area contributed by atoms with Crippen LogP contribution in [0, 0.1) is 0 Å². The molecule has 2 aliphatic heterocycles. The Kier molecular flexibility index (Phi) is 5.61. The highest BCUT2D eigenvalue weighted by molar-refractivity contribution is 6.02. The van der Waals surface area contributed by atoms with Crippen molar-refractivity contribution >= 4 is 17.5 Å². The first-order valence-corrected chi connectivity index (χ1v) is 11.0. The minimum absolute atomic E-state index is 0.0438.